The topological polar surface area (TPSA) is 29.5 Å². The molecular weight excluding hydrogens is 224 g/mol. The van der Waals surface area contributed by atoms with E-state index in [4.69, 9.17) is 4.74 Å². The van der Waals surface area contributed by atoms with Gasteiger partial charge in [-0.3, -0.25) is 0 Å². The maximum Gasteiger partial charge on any atom is 0.125 e. The van der Waals surface area contributed by atoms with Gasteiger partial charge in [-0.1, -0.05) is 55.5 Å². The van der Waals surface area contributed by atoms with E-state index < -0.39 is 6.10 Å². The van der Waals surface area contributed by atoms with Gasteiger partial charge in [0.2, 0.25) is 0 Å². The molecule has 18 heavy (non-hydrogen) atoms. The molecule has 2 aromatic carbocycles. The average Bonchev–Trinajstić information content (AvgIpc) is 2.45. The van der Waals surface area contributed by atoms with Crippen LogP contribution in [0.4, 0.5) is 0 Å². The molecule has 0 saturated carbocycles. The van der Waals surface area contributed by atoms with Crippen LogP contribution in [0.3, 0.4) is 0 Å². The van der Waals surface area contributed by atoms with E-state index in [1.807, 2.05) is 61.5 Å². The Morgan fingerprint density at radius 1 is 1.00 bits per heavy atom. The van der Waals surface area contributed by atoms with Gasteiger partial charge in [-0.2, -0.15) is 0 Å². The average molecular weight is 242 g/mol. The molecule has 0 fully saturated rings. The lowest BCUT2D eigenvalue weighted by Crippen LogP contribution is -2.02. The van der Waals surface area contributed by atoms with Crippen LogP contribution in [0.2, 0.25) is 0 Å². The molecule has 0 amide bonds. The van der Waals surface area contributed by atoms with Crippen molar-refractivity contribution in [2.45, 2.75) is 26.1 Å². The van der Waals surface area contributed by atoms with Crippen molar-refractivity contribution in [1.82, 2.24) is 0 Å². The van der Waals surface area contributed by atoms with Gasteiger partial charge in [0.25, 0.3) is 0 Å². The van der Waals surface area contributed by atoms with Crippen LogP contribution < -0.4 is 4.74 Å². The third-order valence-corrected chi connectivity index (χ3v) is 2.90. The summed E-state index contributed by atoms with van der Waals surface area (Å²) in [6, 6.07) is 17.7. The molecule has 2 aromatic rings. The minimum absolute atomic E-state index is 0.461. The molecule has 1 N–H and O–H groups in total. The fourth-order valence-corrected chi connectivity index (χ4v) is 1.84. The van der Waals surface area contributed by atoms with Gasteiger partial charge in [0.05, 0.1) is 6.10 Å². The van der Waals surface area contributed by atoms with E-state index in [0.29, 0.717) is 13.0 Å². The third kappa shape index (κ3) is 3.11. The Balaban J connectivity index is 2.10. The second-order valence-corrected chi connectivity index (χ2v) is 4.24. The number of para-hydroxylation sites is 1. The van der Waals surface area contributed by atoms with Crippen molar-refractivity contribution in [2.75, 3.05) is 0 Å². The Kier molecular flexibility index (Phi) is 4.37. The Morgan fingerprint density at radius 2 is 1.67 bits per heavy atom. The van der Waals surface area contributed by atoms with Gasteiger partial charge >= 0.3 is 0 Å². The summed E-state index contributed by atoms with van der Waals surface area (Å²) < 4.78 is 5.79. The van der Waals surface area contributed by atoms with Gasteiger partial charge in [-0.05, 0) is 18.1 Å². The third-order valence-electron chi connectivity index (χ3n) is 2.90. The van der Waals surface area contributed by atoms with E-state index in [2.05, 4.69) is 0 Å². The minimum atomic E-state index is -0.461. The van der Waals surface area contributed by atoms with E-state index in [9.17, 15) is 5.11 Å². The van der Waals surface area contributed by atoms with Crippen molar-refractivity contribution in [3.63, 3.8) is 0 Å². The highest BCUT2D eigenvalue weighted by Gasteiger charge is 2.10. The van der Waals surface area contributed by atoms with Crippen molar-refractivity contribution in [2.24, 2.45) is 0 Å². The number of hydrogen-bond acceptors (Lipinski definition) is 2. The predicted molar refractivity (Wildman–Crippen MR) is 72.5 cm³/mol. The van der Waals surface area contributed by atoms with Crippen molar-refractivity contribution >= 4 is 0 Å². The fraction of sp³-hybridized carbons (Fsp3) is 0.250. The molecule has 0 aliphatic rings. The highest BCUT2D eigenvalue weighted by molar-refractivity contribution is 5.35. The first-order valence-corrected chi connectivity index (χ1v) is 6.25. The van der Waals surface area contributed by atoms with Gasteiger partial charge in [-0.15, -0.1) is 0 Å². The summed E-state index contributed by atoms with van der Waals surface area (Å²) in [5.74, 6) is 0.760. The van der Waals surface area contributed by atoms with Crippen LogP contribution in [0.25, 0.3) is 0 Å². The van der Waals surface area contributed by atoms with Crippen LogP contribution in [0.1, 0.15) is 30.6 Å². The van der Waals surface area contributed by atoms with Crippen molar-refractivity contribution in [1.29, 1.82) is 0 Å². The fourth-order valence-electron chi connectivity index (χ4n) is 1.84. The Labute approximate surface area is 108 Å². The first-order chi connectivity index (χ1) is 8.81. The zero-order valence-electron chi connectivity index (χ0n) is 10.5. The minimum Gasteiger partial charge on any atom is -0.489 e. The Morgan fingerprint density at radius 3 is 2.39 bits per heavy atom. The van der Waals surface area contributed by atoms with E-state index in [1.165, 1.54) is 0 Å². The highest BCUT2D eigenvalue weighted by atomic mass is 16.5. The van der Waals surface area contributed by atoms with Crippen LogP contribution in [0.15, 0.2) is 54.6 Å². The summed E-state index contributed by atoms with van der Waals surface area (Å²) in [6.07, 6.45) is 0.225. The molecule has 0 unspecified atom stereocenters. The molecule has 0 spiro atoms. The molecule has 0 heterocycles. The molecule has 0 aliphatic heterocycles. The number of rotatable bonds is 5. The number of aliphatic hydroxyl groups is 1. The van der Waals surface area contributed by atoms with Crippen LogP contribution in [0, 0.1) is 0 Å². The zero-order valence-corrected chi connectivity index (χ0v) is 10.5. The second-order valence-electron chi connectivity index (χ2n) is 4.24. The highest BCUT2D eigenvalue weighted by Crippen LogP contribution is 2.27. The van der Waals surface area contributed by atoms with Crippen molar-refractivity contribution < 1.29 is 9.84 Å². The lowest BCUT2D eigenvalue weighted by molar-refractivity contribution is 0.166. The van der Waals surface area contributed by atoms with Crippen LogP contribution in [-0.4, -0.2) is 5.11 Å². The molecule has 0 saturated heterocycles. The van der Waals surface area contributed by atoms with E-state index in [0.717, 1.165) is 16.9 Å². The summed E-state index contributed by atoms with van der Waals surface area (Å²) in [7, 11) is 0. The van der Waals surface area contributed by atoms with Gasteiger partial charge in [0.1, 0.15) is 12.4 Å². The number of hydrogen-bond donors (Lipinski definition) is 1. The molecule has 2 rings (SSSR count). The molecule has 94 valence electrons. The molecule has 0 radical (unpaired) electrons. The number of benzene rings is 2. The summed E-state index contributed by atoms with van der Waals surface area (Å²) in [5, 5.41) is 9.93. The van der Waals surface area contributed by atoms with Crippen molar-refractivity contribution in [3.05, 3.63) is 65.7 Å². The van der Waals surface area contributed by atoms with Crippen molar-refractivity contribution in [3.8, 4) is 5.75 Å². The van der Waals surface area contributed by atoms with Gasteiger partial charge < -0.3 is 9.84 Å². The lowest BCUT2D eigenvalue weighted by Gasteiger charge is -2.14. The SMILES string of the molecule is CC[C@@H](O)c1ccccc1OCc1ccccc1. The first-order valence-electron chi connectivity index (χ1n) is 6.25. The maximum absolute atomic E-state index is 9.93. The number of ether oxygens (including phenoxy) is 1. The molecule has 2 nitrogen and oxygen atoms in total. The van der Waals surface area contributed by atoms with E-state index in [1.54, 1.807) is 0 Å². The quantitative estimate of drug-likeness (QED) is 0.866. The van der Waals surface area contributed by atoms with E-state index >= 15 is 0 Å². The first kappa shape index (κ1) is 12.7. The number of aliphatic hydroxyl groups excluding tert-OH is 1. The summed E-state index contributed by atoms with van der Waals surface area (Å²) in [4.78, 5) is 0. The maximum atomic E-state index is 9.93. The van der Waals surface area contributed by atoms with Gasteiger partial charge in [-0.25, -0.2) is 0 Å². The van der Waals surface area contributed by atoms with Gasteiger partial charge in [0.15, 0.2) is 0 Å². The zero-order chi connectivity index (χ0) is 12.8. The normalized spacial score (nSPS) is 12.1. The van der Waals surface area contributed by atoms with Crippen LogP contribution in [-0.2, 0) is 6.61 Å². The molecule has 0 aliphatic carbocycles. The Hall–Kier alpha value is -1.80. The predicted octanol–water partition coefficient (Wildman–Crippen LogP) is 3.71. The van der Waals surface area contributed by atoms with Crippen LogP contribution >= 0.6 is 0 Å². The lowest BCUT2D eigenvalue weighted by atomic mass is 10.1. The van der Waals surface area contributed by atoms with Crippen LogP contribution in [0.5, 0.6) is 5.75 Å². The molecule has 0 aromatic heterocycles. The molecular formula is C16H18O2. The monoisotopic (exact) mass is 242 g/mol. The van der Waals surface area contributed by atoms with Gasteiger partial charge in [0, 0.05) is 5.56 Å². The standard InChI is InChI=1S/C16H18O2/c1-2-15(17)14-10-6-7-11-16(14)18-12-13-8-4-3-5-9-13/h3-11,15,17H,2,12H2,1H3/t15-/m1/s1. The smallest absolute Gasteiger partial charge is 0.125 e. The second kappa shape index (κ2) is 6.22. The molecule has 1 atom stereocenters. The summed E-state index contributed by atoms with van der Waals surface area (Å²) in [5.41, 5.74) is 1.98. The summed E-state index contributed by atoms with van der Waals surface area (Å²) >= 11 is 0. The van der Waals surface area contributed by atoms with E-state index in [-0.39, 0.29) is 0 Å². The summed E-state index contributed by atoms with van der Waals surface area (Å²) in [6.45, 7) is 2.48. The Bertz CT molecular complexity index is 479. The molecule has 0 bridgehead atoms. The largest absolute Gasteiger partial charge is 0.489 e. The molecule has 2 heteroatoms.